The highest BCUT2D eigenvalue weighted by atomic mass is 127. The molecule has 0 amide bonds. The van der Waals surface area contributed by atoms with Crippen LogP contribution < -0.4 is 20.1 Å². The van der Waals surface area contributed by atoms with E-state index in [0.29, 0.717) is 24.0 Å². The van der Waals surface area contributed by atoms with E-state index in [4.69, 9.17) is 13.9 Å². The lowest BCUT2D eigenvalue weighted by atomic mass is 10.1. The van der Waals surface area contributed by atoms with Crippen molar-refractivity contribution >= 4 is 35.6 Å². The maximum absolute atomic E-state index is 5.46. The van der Waals surface area contributed by atoms with Crippen molar-refractivity contribution in [3.05, 3.63) is 77.7 Å². The number of methoxy groups -OCH3 is 2. The number of nitrogens with one attached hydrogen (secondary N) is 2. The van der Waals surface area contributed by atoms with Crippen LogP contribution in [0, 0.1) is 0 Å². The Kier molecular flexibility index (Phi) is 10.4. The molecule has 0 unspecified atom stereocenters. The van der Waals surface area contributed by atoms with Gasteiger partial charge in [-0.25, -0.2) is 0 Å². The molecular weight excluding hydrogens is 519 g/mol. The molecule has 0 atom stereocenters. The molecule has 1 heterocycles. The van der Waals surface area contributed by atoms with Crippen molar-refractivity contribution in [1.82, 2.24) is 10.2 Å². The average molecular weight is 550 g/mol. The molecule has 0 spiro atoms. The molecule has 0 bridgehead atoms. The zero-order chi connectivity index (χ0) is 22.1. The number of rotatable bonds is 9. The molecule has 3 rings (SSSR count). The van der Waals surface area contributed by atoms with Gasteiger partial charge in [0.1, 0.15) is 5.76 Å². The molecule has 1 aromatic heterocycles. The lowest BCUT2D eigenvalue weighted by molar-refractivity contribution is 0.287. The zero-order valence-electron chi connectivity index (χ0n) is 18.9. The Hall–Kier alpha value is -2.72. The number of halogens is 1. The first-order chi connectivity index (χ1) is 15.1. The van der Waals surface area contributed by atoms with Gasteiger partial charge >= 0.3 is 0 Å². The van der Waals surface area contributed by atoms with Gasteiger partial charge in [-0.1, -0.05) is 24.3 Å². The standard InChI is InChI=1S/C24H30N4O3.HI/c1-25-24(27-20-11-12-22(29-3)23(14-20)30-4)26-15-18-8-5-6-9-19(18)16-28(2)17-21-10-7-13-31-21;/h5-14H,15-17H2,1-4H3,(H2,25,26,27);1H. The summed E-state index contributed by atoms with van der Waals surface area (Å²) in [7, 11) is 7.08. The van der Waals surface area contributed by atoms with E-state index >= 15 is 0 Å². The summed E-state index contributed by atoms with van der Waals surface area (Å²) in [6.45, 7) is 2.23. The number of hydrogen-bond acceptors (Lipinski definition) is 5. The fraction of sp³-hybridized carbons (Fsp3) is 0.292. The van der Waals surface area contributed by atoms with Crippen LogP contribution in [0.3, 0.4) is 0 Å². The summed E-state index contributed by atoms with van der Waals surface area (Å²) < 4.78 is 16.1. The Morgan fingerprint density at radius 3 is 2.38 bits per heavy atom. The minimum absolute atomic E-state index is 0. The first-order valence-electron chi connectivity index (χ1n) is 10.1. The second kappa shape index (κ2) is 13.0. The average Bonchev–Trinajstić information content (AvgIpc) is 3.30. The molecule has 172 valence electrons. The van der Waals surface area contributed by atoms with Gasteiger partial charge in [0, 0.05) is 31.9 Å². The number of guanidine groups is 1. The van der Waals surface area contributed by atoms with Crippen LogP contribution in [0.2, 0.25) is 0 Å². The number of benzene rings is 2. The van der Waals surface area contributed by atoms with E-state index in [1.165, 1.54) is 11.1 Å². The van der Waals surface area contributed by atoms with Crippen LogP contribution in [-0.2, 0) is 19.6 Å². The topological polar surface area (TPSA) is 71.3 Å². The smallest absolute Gasteiger partial charge is 0.195 e. The van der Waals surface area contributed by atoms with Gasteiger partial charge in [-0.15, -0.1) is 24.0 Å². The molecule has 0 fully saturated rings. The SMILES string of the molecule is CN=C(NCc1ccccc1CN(C)Cc1ccco1)Nc1ccc(OC)c(OC)c1.I. The Labute approximate surface area is 206 Å². The van der Waals surface area contributed by atoms with Crippen molar-refractivity contribution in [2.75, 3.05) is 33.6 Å². The van der Waals surface area contributed by atoms with Crippen LogP contribution in [0.5, 0.6) is 11.5 Å². The van der Waals surface area contributed by atoms with Crippen molar-refractivity contribution in [2.45, 2.75) is 19.6 Å². The van der Waals surface area contributed by atoms with Crippen molar-refractivity contribution in [1.29, 1.82) is 0 Å². The molecular formula is C24H31IN4O3. The fourth-order valence-corrected chi connectivity index (χ4v) is 3.31. The fourth-order valence-electron chi connectivity index (χ4n) is 3.31. The van der Waals surface area contributed by atoms with E-state index in [9.17, 15) is 0 Å². The van der Waals surface area contributed by atoms with E-state index < -0.39 is 0 Å². The van der Waals surface area contributed by atoms with Gasteiger partial charge in [-0.2, -0.15) is 0 Å². The van der Waals surface area contributed by atoms with Crippen LogP contribution in [0.4, 0.5) is 5.69 Å². The van der Waals surface area contributed by atoms with Crippen molar-refractivity contribution in [2.24, 2.45) is 4.99 Å². The molecule has 0 saturated heterocycles. The molecule has 8 heteroatoms. The first-order valence-corrected chi connectivity index (χ1v) is 10.1. The van der Waals surface area contributed by atoms with Gasteiger partial charge in [0.05, 0.1) is 27.0 Å². The van der Waals surface area contributed by atoms with Crippen LogP contribution in [0.1, 0.15) is 16.9 Å². The Balaban J connectivity index is 0.00000363. The summed E-state index contributed by atoms with van der Waals surface area (Å²) in [5, 5.41) is 6.68. The second-order valence-corrected chi connectivity index (χ2v) is 7.14. The zero-order valence-corrected chi connectivity index (χ0v) is 21.3. The highest BCUT2D eigenvalue weighted by Gasteiger charge is 2.09. The molecule has 7 nitrogen and oxygen atoms in total. The largest absolute Gasteiger partial charge is 0.493 e. The second-order valence-electron chi connectivity index (χ2n) is 7.14. The van der Waals surface area contributed by atoms with Gasteiger partial charge < -0.3 is 24.5 Å². The summed E-state index contributed by atoms with van der Waals surface area (Å²) in [6, 6.07) is 18.0. The van der Waals surface area contributed by atoms with E-state index in [-0.39, 0.29) is 24.0 Å². The molecule has 32 heavy (non-hydrogen) atoms. The quantitative estimate of drug-likeness (QED) is 0.228. The van der Waals surface area contributed by atoms with Crippen LogP contribution >= 0.6 is 24.0 Å². The maximum atomic E-state index is 5.46. The maximum Gasteiger partial charge on any atom is 0.195 e. The Morgan fingerprint density at radius 1 is 0.969 bits per heavy atom. The van der Waals surface area contributed by atoms with Crippen molar-refractivity contribution in [3.8, 4) is 11.5 Å². The van der Waals surface area contributed by atoms with E-state index in [1.807, 2.05) is 30.3 Å². The molecule has 0 aliphatic heterocycles. The third kappa shape index (κ3) is 7.16. The molecule has 0 radical (unpaired) electrons. The molecule has 2 aromatic carbocycles. The lowest BCUT2D eigenvalue weighted by Gasteiger charge is -2.19. The summed E-state index contributed by atoms with van der Waals surface area (Å²) in [5.41, 5.74) is 3.33. The van der Waals surface area contributed by atoms with Gasteiger partial charge in [0.25, 0.3) is 0 Å². The highest BCUT2D eigenvalue weighted by molar-refractivity contribution is 14.0. The number of aliphatic imine (C=N–C) groups is 1. The first kappa shape index (κ1) is 25.5. The third-order valence-electron chi connectivity index (χ3n) is 4.88. The van der Waals surface area contributed by atoms with E-state index in [2.05, 4.69) is 51.8 Å². The number of hydrogen-bond donors (Lipinski definition) is 2. The molecule has 2 N–H and O–H groups in total. The predicted molar refractivity (Wildman–Crippen MR) is 139 cm³/mol. The van der Waals surface area contributed by atoms with Gasteiger partial charge in [-0.05, 0) is 42.4 Å². The van der Waals surface area contributed by atoms with Gasteiger partial charge in [0.15, 0.2) is 17.5 Å². The van der Waals surface area contributed by atoms with Gasteiger partial charge in [-0.3, -0.25) is 9.89 Å². The number of furan rings is 1. The monoisotopic (exact) mass is 550 g/mol. The summed E-state index contributed by atoms with van der Waals surface area (Å²) in [6.07, 6.45) is 1.71. The van der Waals surface area contributed by atoms with Crippen molar-refractivity contribution < 1.29 is 13.9 Å². The third-order valence-corrected chi connectivity index (χ3v) is 4.88. The number of anilines is 1. The summed E-state index contributed by atoms with van der Waals surface area (Å²) >= 11 is 0. The molecule has 3 aromatic rings. The van der Waals surface area contributed by atoms with E-state index in [1.54, 1.807) is 27.5 Å². The molecule has 0 saturated carbocycles. The van der Waals surface area contributed by atoms with Crippen LogP contribution in [0.15, 0.2) is 70.3 Å². The van der Waals surface area contributed by atoms with Crippen LogP contribution in [0.25, 0.3) is 0 Å². The Morgan fingerprint density at radius 2 is 1.72 bits per heavy atom. The minimum Gasteiger partial charge on any atom is -0.493 e. The summed E-state index contributed by atoms with van der Waals surface area (Å²) in [4.78, 5) is 6.57. The lowest BCUT2D eigenvalue weighted by Crippen LogP contribution is -2.30. The number of ether oxygens (including phenoxy) is 2. The van der Waals surface area contributed by atoms with Crippen LogP contribution in [-0.4, -0.2) is 39.2 Å². The van der Waals surface area contributed by atoms with E-state index in [0.717, 1.165) is 24.5 Å². The number of nitrogens with zero attached hydrogens (tertiary/aromatic N) is 2. The molecule has 0 aliphatic carbocycles. The van der Waals surface area contributed by atoms with Gasteiger partial charge in [0.2, 0.25) is 0 Å². The minimum atomic E-state index is 0. The normalized spacial score (nSPS) is 11.1. The molecule has 0 aliphatic rings. The highest BCUT2D eigenvalue weighted by Crippen LogP contribution is 2.29. The summed E-state index contributed by atoms with van der Waals surface area (Å²) in [5.74, 6) is 2.97. The Bertz CT molecular complexity index is 993. The predicted octanol–water partition coefficient (Wildman–Crippen LogP) is 4.73. The van der Waals surface area contributed by atoms with Crippen molar-refractivity contribution in [3.63, 3.8) is 0 Å².